The second-order valence-electron chi connectivity index (χ2n) is 6.54. The van der Waals surface area contributed by atoms with Crippen molar-refractivity contribution in [3.63, 3.8) is 0 Å². The van der Waals surface area contributed by atoms with Crippen LogP contribution in [0.25, 0.3) is 0 Å². The highest BCUT2D eigenvalue weighted by molar-refractivity contribution is 5.90. The molecule has 0 saturated carbocycles. The third-order valence-electron chi connectivity index (χ3n) is 4.55. The highest BCUT2D eigenvalue weighted by Gasteiger charge is 2.22. The van der Waals surface area contributed by atoms with Gasteiger partial charge in [-0.3, -0.25) is 0 Å². The van der Waals surface area contributed by atoms with E-state index in [1.807, 2.05) is 0 Å². The van der Waals surface area contributed by atoms with Gasteiger partial charge in [0.25, 0.3) is 0 Å². The first-order valence-electron chi connectivity index (χ1n) is 9.08. The van der Waals surface area contributed by atoms with E-state index in [2.05, 4.69) is 10.6 Å². The van der Waals surface area contributed by atoms with Crippen molar-refractivity contribution in [1.29, 1.82) is 0 Å². The van der Waals surface area contributed by atoms with Crippen LogP contribution in [0, 0.1) is 5.82 Å². The van der Waals surface area contributed by atoms with Gasteiger partial charge in [-0.05, 0) is 43.2 Å². The van der Waals surface area contributed by atoms with E-state index >= 15 is 0 Å². The molecule has 0 aliphatic carbocycles. The molecule has 0 aromatic heterocycles. The van der Waals surface area contributed by atoms with Crippen molar-refractivity contribution < 1.29 is 23.4 Å². The molecule has 0 spiro atoms. The molecule has 1 atom stereocenters. The number of ether oxygens (including phenoxy) is 3. The molecule has 0 radical (unpaired) electrons. The second-order valence-corrected chi connectivity index (χ2v) is 6.54. The van der Waals surface area contributed by atoms with Gasteiger partial charge in [-0.1, -0.05) is 0 Å². The molecule has 27 heavy (non-hydrogen) atoms. The van der Waals surface area contributed by atoms with Gasteiger partial charge in [-0.15, -0.1) is 0 Å². The normalized spacial score (nSPS) is 18.3. The highest BCUT2D eigenvalue weighted by Crippen LogP contribution is 2.33. The van der Waals surface area contributed by atoms with E-state index in [1.54, 1.807) is 24.3 Å². The van der Waals surface area contributed by atoms with Crippen LogP contribution in [0.5, 0.6) is 17.2 Å². The average molecular weight is 372 g/mol. The van der Waals surface area contributed by atoms with Crippen molar-refractivity contribution in [1.82, 2.24) is 5.32 Å². The lowest BCUT2D eigenvalue weighted by atomic mass is 10.0. The summed E-state index contributed by atoms with van der Waals surface area (Å²) in [4.78, 5) is 12.5. The molecule has 2 N–H and O–H groups in total. The number of anilines is 1. The maximum absolute atomic E-state index is 13.7. The molecule has 0 saturated heterocycles. The fourth-order valence-corrected chi connectivity index (χ4v) is 3.26. The maximum atomic E-state index is 13.7. The van der Waals surface area contributed by atoms with E-state index in [0.717, 1.165) is 12.8 Å². The first-order chi connectivity index (χ1) is 13.2. The van der Waals surface area contributed by atoms with Crippen molar-refractivity contribution in [2.24, 2.45) is 0 Å². The smallest absolute Gasteiger partial charge is 0.319 e. The Kier molecular flexibility index (Phi) is 5.00. The first kappa shape index (κ1) is 17.5. The summed E-state index contributed by atoms with van der Waals surface area (Å²) in [6, 6.07) is 8.97. The Morgan fingerprint density at radius 3 is 2.56 bits per heavy atom. The van der Waals surface area contributed by atoms with Crippen LogP contribution in [0.2, 0.25) is 0 Å². The van der Waals surface area contributed by atoms with E-state index in [9.17, 15) is 9.18 Å². The lowest BCUT2D eigenvalue weighted by Gasteiger charge is -2.19. The van der Waals surface area contributed by atoms with Gasteiger partial charge in [0.2, 0.25) is 0 Å². The third kappa shape index (κ3) is 4.07. The molecule has 2 aliphatic heterocycles. The number of hydrogen-bond donors (Lipinski definition) is 2. The van der Waals surface area contributed by atoms with Gasteiger partial charge in [0.1, 0.15) is 11.6 Å². The van der Waals surface area contributed by atoms with Crippen molar-refractivity contribution in [2.45, 2.75) is 25.3 Å². The molecule has 0 bridgehead atoms. The van der Waals surface area contributed by atoms with Gasteiger partial charge in [0, 0.05) is 23.7 Å². The standard InChI is InChI=1S/C20H21FN2O4/c21-13-4-6-17-15(11-13)16(3-1-8-25-17)23-20(24)22-14-5-7-18-19(12-14)27-10-2-9-26-18/h4-7,11-12,16H,1-3,8-10H2,(H2,22,23,24). The first-order valence-corrected chi connectivity index (χ1v) is 9.08. The number of nitrogens with one attached hydrogen (secondary N) is 2. The zero-order valence-corrected chi connectivity index (χ0v) is 14.8. The average Bonchev–Trinajstić information content (AvgIpc) is 3.00. The van der Waals surface area contributed by atoms with Crippen LogP contribution in [0.3, 0.4) is 0 Å². The highest BCUT2D eigenvalue weighted by atomic mass is 19.1. The lowest BCUT2D eigenvalue weighted by molar-refractivity contribution is 0.247. The van der Waals surface area contributed by atoms with E-state index < -0.39 is 0 Å². The number of rotatable bonds is 2. The minimum Gasteiger partial charge on any atom is -0.493 e. The molecule has 2 heterocycles. The minimum absolute atomic E-state index is 0.321. The fraction of sp³-hybridized carbons (Fsp3) is 0.350. The molecule has 0 fully saturated rings. The summed E-state index contributed by atoms with van der Waals surface area (Å²) in [6.07, 6.45) is 2.26. The Bertz CT molecular complexity index is 843. The Morgan fingerprint density at radius 2 is 1.67 bits per heavy atom. The molecule has 2 amide bonds. The summed E-state index contributed by atoms with van der Waals surface area (Å²) < 4.78 is 30.5. The van der Waals surface area contributed by atoms with Crippen LogP contribution < -0.4 is 24.8 Å². The van der Waals surface area contributed by atoms with Crippen LogP contribution in [-0.4, -0.2) is 25.9 Å². The third-order valence-corrected chi connectivity index (χ3v) is 4.55. The van der Waals surface area contributed by atoms with Crippen molar-refractivity contribution >= 4 is 11.7 Å². The van der Waals surface area contributed by atoms with Gasteiger partial charge >= 0.3 is 6.03 Å². The Hall–Kier alpha value is -2.96. The van der Waals surface area contributed by atoms with E-state index in [4.69, 9.17) is 14.2 Å². The molecule has 2 aromatic rings. The summed E-state index contributed by atoms with van der Waals surface area (Å²) in [5.41, 5.74) is 1.25. The Morgan fingerprint density at radius 1 is 0.926 bits per heavy atom. The molecule has 142 valence electrons. The van der Waals surface area contributed by atoms with Crippen molar-refractivity contribution in [3.05, 3.63) is 47.8 Å². The van der Waals surface area contributed by atoms with Crippen LogP contribution in [0.15, 0.2) is 36.4 Å². The van der Waals surface area contributed by atoms with Crippen molar-refractivity contribution in [2.75, 3.05) is 25.1 Å². The monoisotopic (exact) mass is 372 g/mol. The van der Waals surface area contributed by atoms with Crippen LogP contribution in [-0.2, 0) is 0 Å². The topological polar surface area (TPSA) is 68.8 Å². The van der Waals surface area contributed by atoms with Crippen LogP contribution >= 0.6 is 0 Å². The number of amides is 2. The molecule has 4 rings (SSSR count). The second kappa shape index (κ2) is 7.73. The maximum Gasteiger partial charge on any atom is 0.319 e. The van der Waals surface area contributed by atoms with E-state index in [-0.39, 0.29) is 17.9 Å². The number of carbonyl (C=O) groups excluding carboxylic acids is 1. The number of benzene rings is 2. The zero-order chi connectivity index (χ0) is 18.6. The molecule has 2 aliphatic rings. The van der Waals surface area contributed by atoms with E-state index in [1.165, 1.54) is 12.1 Å². The Labute approximate surface area is 156 Å². The van der Waals surface area contributed by atoms with Crippen LogP contribution in [0.1, 0.15) is 30.9 Å². The molecule has 6 nitrogen and oxygen atoms in total. The molecule has 2 aromatic carbocycles. The quantitative estimate of drug-likeness (QED) is 0.835. The minimum atomic E-state index is -0.369. The number of urea groups is 1. The summed E-state index contributed by atoms with van der Waals surface area (Å²) >= 11 is 0. The molecule has 7 heteroatoms. The summed E-state index contributed by atoms with van der Waals surface area (Å²) in [6.45, 7) is 1.73. The predicted molar refractivity (Wildman–Crippen MR) is 98.1 cm³/mol. The fourth-order valence-electron chi connectivity index (χ4n) is 3.26. The summed E-state index contributed by atoms with van der Waals surface area (Å²) in [7, 11) is 0. The summed E-state index contributed by atoms with van der Waals surface area (Å²) in [5.74, 6) is 1.54. The van der Waals surface area contributed by atoms with Gasteiger partial charge in [0.15, 0.2) is 11.5 Å². The van der Waals surface area contributed by atoms with Crippen LogP contribution in [0.4, 0.5) is 14.9 Å². The molecular weight excluding hydrogens is 351 g/mol. The lowest BCUT2D eigenvalue weighted by Crippen LogP contribution is -2.32. The Balaban J connectivity index is 1.47. The largest absolute Gasteiger partial charge is 0.493 e. The van der Waals surface area contributed by atoms with E-state index in [0.29, 0.717) is 54.7 Å². The number of halogens is 1. The number of fused-ring (bicyclic) bond motifs is 2. The molecular formula is C20H21FN2O4. The predicted octanol–water partition coefficient (Wildman–Crippen LogP) is 4.02. The van der Waals surface area contributed by atoms with Gasteiger partial charge in [0.05, 0.1) is 25.9 Å². The molecule has 1 unspecified atom stereocenters. The van der Waals surface area contributed by atoms with Gasteiger partial charge in [-0.2, -0.15) is 0 Å². The SMILES string of the molecule is O=C(Nc1ccc2c(c1)OCCCO2)NC1CCCOc2ccc(F)cc21. The van der Waals surface area contributed by atoms with Gasteiger partial charge in [-0.25, -0.2) is 9.18 Å². The number of carbonyl (C=O) groups is 1. The van der Waals surface area contributed by atoms with Gasteiger partial charge < -0.3 is 24.8 Å². The zero-order valence-electron chi connectivity index (χ0n) is 14.8. The summed E-state index contributed by atoms with van der Waals surface area (Å²) in [5, 5.41) is 5.72. The van der Waals surface area contributed by atoms with Crippen molar-refractivity contribution in [3.8, 4) is 17.2 Å². The number of hydrogen-bond acceptors (Lipinski definition) is 4.